The Hall–Kier alpha value is -2.35. The van der Waals surface area contributed by atoms with Crippen LogP contribution < -0.4 is 16.4 Å². The molecule has 8 nitrogen and oxygen atoms in total. The molecule has 1 aliphatic rings. The van der Waals surface area contributed by atoms with Crippen molar-refractivity contribution in [1.82, 2.24) is 4.98 Å². The molecule has 1 aromatic rings. The molecule has 1 unspecified atom stereocenters. The molecule has 8 heteroatoms. The fourth-order valence-corrected chi connectivity index (χ4v) is 1.95. The summed E-state index contributed by atoms with van der Waals surface area (Å²) in [6, 6.07) is 0.570. The number of nitrogen functional groups attached to an aromatic ring is 1. The summed E-state index contributed by atoms with van der Waals surface area (Å²) in [6.07, 6.45) is 1.34. The number of ether oxygens (including phenoxy) is 1. The second-order valence-corrected chi connectivity index (χ2v) is 4.13. The van der Waals surface area contributed by atoms with Crippen LogP contribution in [0.3, 0.4) is 0 Å². The number of pyridine rings is 1. The zero-order chi connectivity index (χ0) is 14.0. The van der Waals surface area contributed by atoms with E-state index >= 15 is 0 Å². The van der Waals surface area contributed by atoms with E-state index in [0.29, 0.717) is 13.2 Å². The highest BCUT2D eigenvalue weighted by Gasteiger charge is 2.31. The topological polar surface area (TPSA) is 132 Å². The average molecular weight is 266 g/mol. The third-order valence-corrected chi connectivity index (χ3v) is 2.85. The monoisotopic (exact) mass is 266 g/mol. The van der Waals surface area contributed by atoms with Gasteiger partial charge < -0.3 is 26.2 Å². The maximum absolute atomic E-state index is 11.4. The van der Waals surface area contributed by atoms with Gasteiger partial charge >= 0.3 is 5.97 Å². The molecule has 2 rings (SSSR count). The number of carbonyl (C=O) groups excluding carboxylic acids is 1. The summed E-state index contributed by atoms with van der Waals surface area (Å²) in [5.41, 5.74) is 11.0. The largest absolute Gasteiger partial charge is 0.478 e. The summed E-state index contributed by atoms with van der Waals surface area (Å²) in [4.78, 5) is 28.2. The first-order valence-corrected chi connectivity index (χ1v) is 5.63. The Morgan fingerprint density at radius 3 is 2.89 bits per heavy atom. The molecule has 19 heavy (non-hydrogen) atoms. The van der Waals surface area contributed by atoms with Gasteiger partial charge in [0.1, 0.15) is 17.4 Å². The average Bonchev–Trinajstić information content (AvgIpc) is 2.38. The fraction of sp³-hybridized carbons (Fsp3) is 0.364. The van der Waals surface area contributed by atoms with Crippen molar-refractivity contribution in [3.63, 3.8) is 0 Å². The minimum atomic E-state index is -1.16. The quantitative estimate of drug-likeness (QED) is 0.642. The van der Waals surface area contributed by atoms with Crippen molar-refractivity contribution in [3.8, 4) is 0 Å². The molecular formula is C11H14N4O4. The number of carbonyl (C=O) groups is 2. The molecule has 0 aromatic carbocycles. The van der Waals surface area contributed by atoms with E-state index in [2.05, 4.69) is 4.98 Å². The molecule has 1 amide bonds. The predicted molar refractivity (Wildman–Crippen MR) is 66.8 cm³/mol. The number of carboxylic acids is 1. The normalized spacial score (nSPS) is 19.2. The SMILES string of the molecule is NC(=O)C1COCCN1c1ncc(N)cc1C(=O)O. The number of aromatic nitrogens is 1. The van der Waals surface area contributed by atoms with Gasteiger partial charge in [-0.3, -0.25) is 4.79 Å². The summed E-state index contributed by atoms with van der Waals surface area (Å²) in [5, 5.41) is 9.18. The van der Waals surface area contributed by atoms with E-state index in [1.54, 1.807) is 0 Å². The molecule has 1 aromatic heterocycles. The van der Waals surface area contributed by atoms with Gasteiger partial charge in [0.2, 0.25) is 5.91 Å². The van der Waals surface area contributed by atoms with E-state index in [1.807, 2.05) is 0 Å². The number of nitrogens with two attached hydrogens (primary N) is 2. The van der Waals surface area contributed by atoms with Gasteiger partial charge in [0.05, 0.1) is 25.1 Å². The number of nitrogens with zero attached hydrogens (tertiary/aromatic N) is 2. The van der Waals surface area contributed by atoms with Crippen molar-refractivity contribution < 1.29 is 19.4 Å². The van der Waals surface area contributed by atoms with Crippen molar-refractivity contribution in [1.29, 1.82) is 0 Å². The van der Waals surface area contributed by atoms with Crippen molar-refractivity contribution in [2.24, 2.45) is 5.73 Å². The minimum Gasteiger partial charge on any atom is -0.478 e. The highest BCUT2D eigenvalue weighted by Crippen LogP contribution is 2.23. The molecule has 0 spiro atoms. The van der Waals surface area contributed by atoms with Gasteiger partial charge in [-0.2, -0.15) is 0 Å². The standard InChI is InChI=1S/C11H14N4O4/c12-6-3-7(11(17)18)10(14-4-6)15-1-2-19-5-8(15)9(13)16/h3-4,8H,1-2,5,12H2,(H2,13,16)(H,17,18). The zero-order valence-electron chi connectivity index (χ0n) is 10.1. The number of aromatic carboxylic acids is 1. The molecule has 0 aliphatic carbocycles. The Balaban J connectivity index is 2.44. The molecule has 0 radical (unpaired) electrons. The van der Waals surface area contributed by atoms with Crippen LogP contribution in [0.2, 0.25) is 0 Å². The number of hydrogen-bond acceptors (Lipinski definition) is 6. The van der Waals surface area contributed by atoms with E-state index < -0.39 is 17.9 Å². The number of hydrogen-bond donors (Lipinski definition) is 3. The molecule has 0 saturated carbocycles. The van der Waals surface area contributed by atoms with Crippen LogP contribution in [0, 0.1) is 0 Å². The van der Waals surface area contributed by atoms with Gasteiger partial charge in [0.25, 0.3) is 0 Å². The summed E-state index contributed by atoms with van der Waals surface area (Å²) >= 11 is 0. The van der Waals surface area contributed by atoms with E-state index in [1.165, 1.54) is 17.2 Å². The lowest BCUT2D eigenvalue weighted by atomic mass is 10.1. The molecule has 102 valence electrons. The van der Waals surface area contributed by atoms with Crippen LogP contribution in [0.15, 0.2) is 12.3 Å². The number of rotatable bonds is 3. The summed E-state index contributed by atoms with van der Waals surface area (Å²) in [5.74, 6) is -1.58. The third-order valence-electron chi connectivity index (χ3n) is 2.85. The van der Waals surface area contributed by atoms with Crippen molar-refractivity contribution in [2.45, 2.75) is 6.04 Å². The lowest BCUT2D eigenvalue weighted by Gasteiger charge is -2.35. The minimum absolute atomic E-state index is 0.0619. The molecule has 1 fully saturated rings. The Morgan fingerprint density at radius 1 is 1.53 bits per heavy atom. The van der Waals surface area contributed by atoms with Crippen LogP contribution in [0.25, 0.3) is 0 Å². The van der Waals surface area contributed by atoms with Crippen LogP contribution in [0.1, 0.15) is 10.4 Å². The van der Waals surface area contributed by atoms with Crippen LogP contribution in [-0.4, -0.2) is 47.8 Å². The van der Waals surface area contributed by atoms with Crippen LogP contribution in [0.4, 0.5) is 11.5 Å². The number of carboxylic acid groups (broad SMARTS) is 1. The molecule has 5 N–H and O–H groups in total. The van der Waals surface area contributed by atoms with Crippen molar-refractivity contribution in [3.05, 3.63) is 17.8 Å². The maximum Gasteiger partial charge on any atom is 0.339 e. The Kier molecular flexibility index (Phi) is 3.52. The molecule has 1 atom stereocenters. The smallest absolute Gasteiger partial charge is 0.339 e. The molecule has 2 heterocycles. The van der Waals surface area contributed by atoms with Gasteiger partial charge in [-0.1, -0.05) is 0 Å². The second kappa shape index (κ2) is 5.11. The first-order valence-electron chi connectivity index (χ1n) is 5.63. The summed E-state index contributed by atoms with van der Waals surface area (Å²) in [7, 11) is 0. The first kappa shape index (κ1) is 13.1. The number of anilines is 2. The second-order valence-electron chi connectivity index (χ2n) is 4.13. The summed E-state index contributed by atoms with van der Waals surface area (Å²) in [6.45, 7) is 0.820. The van der Waals surface area contributed by atoms with Crippen LogP contribution >= 0.6 is 0 Å². The Labute approximate surface area is 109 Å². The number of amides is 1. The van der Waals surface area contributed by atoms with E-state index in [4.69, 9.17) is 16.2 Å². The van der Waals surface area contributed by atoms with Crippen LogP contribution in [0.5, 0.6) is 0 Å². The van der Waals surface area contributed by atoms with Gasteiger partial charge in [0, 0.05) is 6.54 Å². The van der Waals surface area contributed by atoms with Gasteiger partial charge in [-0.25, -0.2) is 9.78 Å². The molecule has 1 aliphatic heterocycles. The van der Waals surface area contributed by atoms with E-state index in [9.17, 15) is 14.7 Å². The Bertz CT molecular complexity index is 519. The van der Waals surface area contributed by atoms with Crippen molar-refractivity contribution >= 4 is 23.4 Å². The zero-order valence-corrected chi connectivity index (χ0v) is 10.1. The van der Waals surface area contributed by atoms with E-state index in [0.717, 1.165) is 0 Å². The van der Waals surface area contributed by atoms with Gasteiger partial charge in [-0.05, 0) is 6.07 Å². The van der Waals surface area contributed by atoms with Crippen molar-refractivity contribution in [2.75, 3.05) is 30.4 Å². The lowest BCUT2D eigenvalue weighted by Crippen LogP contribution is -2.53. The van der Waals surface area contributed by atoms with Gasteiger partial charge in [-0.15, -0.1) is 0 Å². The Morgan fingerprint density at radius 2 is 2.26 bits per heavy atom. The predicted octanol–water partition coefficient (Wildman–Crippen LogP) is -0.947. The van der Waals surface area contributed by atoms with Crippen LogP contribution in [-0.2, 0) is 9.53 Å². The third kappa shape index (κ3) is 2.58. The highest BCUT2D eigenvalue weighted by molar-refractivity contribution is 5.95. The fourth-order valence-electron chi connectivity index (χ4n) is 1.95. The molecular weight excluding hydrogens is 252 g/mol. The highest BCUT2D eigenvalue weighted by atomic mass is 16.5. The molecule has 1 saturated heterocycles. The van der Waals surface area contributed by atoms with E-state index in [-0.39, 0.29) is 23.7 Å². The van der Waals surface area contributed by atoms with Gasteiger partial charge in [0.15, 0.2) is 0 Å². The summed E-state index contributed by atoms with van der Waals surface area (Å²) < 4.78 is 5.18. The maximum atomic E-state index is 11.4. The first-order chi connectivity index (χ1) is 9.00. The number of primary amides is 1. The lowest BCUT2D eigenvalue weighted by molar-refractivity contribution is -0.121. The number of morpholine rings is 1. The molecule has 0 bridgehead atoms.